The van der Waals surface area contributed by atoms with Gasteiger partial charge in [0.1, 0.15) is 8.60 Å². The van der Waals surface area contributed by atoms with Gasteiger partial charge >= 0.3 is 0 Å². The summed E-state index contributed by atoms with van der Waals surface area (Å²) in [4.78, 5) is 3.22. The molecular formula is C6H4F2I2N2O2S. The number of rotatable bonds is 2. The summed E-state index contributed by atoms with van der Waals surface area (Å²) >= 11 is 3.15. The molecule has 0 aliphatic rings. The fraction of sp³-hybridized carbons (Fsp3) is 0.167. The van der Waals surface area contributed by atoms with Gasteiger partial charge in [-0.25, -0.2) is 27.3 Å². The molecule has 1 rings (SSSR count). The molecule has 1 aromatic rings. The topological polar surface area (TPSA) is 73.1 Å². The highest BCUT2D eigenvalue weighted by Gasteiger charge is 2.24. The Hall–Kier alpha value is 0.380. The summed E-state index contributed by atoms with van der Waals surface area (Å²) < 4.78 is 47.2. The van der Waals surface area contributed by atoms with Crippen molar-refractivity contribution >= 4 is 55.2 Å². The summed E-state index contributed by atoms with van der Waals surface area (Å²) in [6, 6.07) is 0. The predicted molar refractivity (Wildman–Crippen MR) is 66.0 cm³/mol. The van der Waals surface area contributed by atoms with Crippen LogP contribution in [0.25, 0.3) is 0 Å². The summed E-state index contributed by atoms with van der Waals surface area (Å²) in [6.07, 6.45) is -1.83. The van der Waals surface area contributed by atoms with E-state index >= 15 is 0 Å². The predicted octanol–water partition coefficient (Wildman–Crippen LogP) is 1.88. The molecule has 9 heteroatoms. The van der Waals surface area contributed by atoms with Crippen molar-refractivity contribution < 1.29 is 17.2 Å². The Morgan fingerprint density at radius 2 is 1.93 bits per heavy atom. The minimum atomic E-state index is -4.03. The van der Waals surface area contributed by atoms with Gasteiger partial charge in [0.25, 0.3) is 6.43 Å². The molecule has 0 aliphatic heterocycles. The van der Waals surface area contributed by atoms with Crippen molar-refractivity contribution in [1.82, 2.24) is 4.98 Å². The molecule has 0 saturated carbocycles. The van der Waals surface area contributed by atoms with Gasteiger partial charge in [-0.3, -0.25) is 0 Å². The average molecular weight is 460 g/mol. The molecule has 0 bridgehead atoms. The van der Waals surface area contributed by atoms with Crippen LogP contribution in [0.1, 0.15) is 12.0 Å². The van der Waals surface area contributed by atoms with Crippen LogP contribution in [0.4, 0.5) is 8.78 Å². The molecule has 0 unspecified atom stereocenters. The molecule has 0 saturated heterocycles. The molecule has 84 valence electrons. The van der Waals surface area contributed by atoms with E-state index in [2.05, 4.69) is 4.98 Å². The maximum Gasteiger partial charge on any atom is 0.266 e. The zero-order valence-corrected chi connectivity index (χ0v) is 12.0. The van der Waals surface area contributed by atoms with E-state index in [9.17, 15) is 17.2 Å². The molecule has 0 atom stereocenters. The lowest BCUT2D eigenvalue weighted by Gasteiger charge is -2.08. The fourth-order valence-corrected chi connectivity index (χ4v) is 4.91. The van der Waals surface area contributed by atoms with Crippen LogP contribution in [-0.4, -0.2) is 13.4 Å². The van der Waals surface area contributed by atoms with Gasteiger partial charge < -0.3 is 0 Å². The average Bonchev–Trinajstić information content (AvgIpc) is 2.00. The number of nitrogens with zero attached hydrogens (tertiary/aromatic N) is 1. The van der Waals surface area contributed by atoms with Gasteiger partial charge in [0.15, 0.2) is 0 Å². The molecule has 0 aromatic carbocycles. The second kappa shape index (κ2) is 4.71. The molecule has 1 heterocycles. The lowest BCUT2D eigenvalue weighted by molar-refractivity contribution is 0.149. The lowest BCUT2D eigenvalue weighted by Crippen LogP contribution is -2.17. The highest BCUT2D eigenvalue weighted by atomic mass is 127. The van der Waals surface area contributed by atoms with E-state index in [0.717, 1.165) is 6.20 Å². The largest absolute Gasteiger partial charge is 0.266 e. The van der Waals surface area contributed by atoms with Crippen molar-refractivity contribution in [3.05, 3.63) is 19.0 Å². The summed E-state index contributed by atoms with van der Waals surface area (Å²) in [5.41, 5.74) is -0.431. The standard InChI is InChI=1S/C6H4F2I2N2O2S/c7-5(8)2-1-12-6(10)4(3(2)9)15(11,13)14/h1,5H,(H2,11,13,14). The van der Waals surface area contributed by atoms with E-state index in [0.29, 0.717) is 0 Å². The lowest BCUT2D eigenvalue weighted by atomic mass is 10.3. The summed E-state index contributed by atoms with van der Waals surface area (Å²) in [6.45, 7) is 0. The summed E-state index contributed by atoms with van der Waals surface area (Å²) in [5.74, 6) is 0. The summed E-state index contributed by atoms with van der Waals surface area (Å²) in [7, 11) is -4.03. The minimum Gasteiger partial charge on any atom is -0.248 e. The van der Waals surface area contributed by atoms with Gasteiger partial charge in [-0.2, -0.15) is 0 Å². The quantitative estimate of drug-likeness (QED) is 0.542. The molecule has 2 N–H and O–H groups in total. The zero-order valence-electron chi connectivity index (χ0n) is 6.92. The second-order valence-electron chi connectivity index (χ2n) is 2.49. The third kappa shape index (κ3) is 2.94. The first-order chi connectivity index (χ1) is 6.75. The number of hydrogen-bond donors (Lipinski definition) is 1. The number of alkyl halides is 2. The SMILES string of the molecule is NS(=O)(=O)c1c(I)ncc(C(F)F)c1I. The van der Waals surface area contributed by atoms with Crippen LogP contribution in [-0.2, 0) is 10.0 Å². The Bertz CT molecular complexity index is 492. The first-order valence-electron chi connectivity index (χ1n) is 3.40. The van der Waals surface area contributed by atoms with Gasteiger partial charge in [-0.1, -0.05) is 0 Å². The van der Waals surface area contributed by atoms with E-state index in [1.54, 1.807) is 22.6 Å². The van der Waals surface area contributed by atoms with Crippen molar-refractivity contribution in [3.63, 3.8) is 0 Å². The number of nitrogens with two attached hydrogens (primary N) is 1. The number of primary sulfonamides is 1. The van der Waals surface area contributed by atoms with Gasteiger partial charge in [0, 0.05) is 9.77 Å². The fourth-order valence-electron chi connectivity index (χ4n) is 0.858. The molecular weight excluding hydrogens is 456 g/mol. The zero-order chi connectivity index (χ0) is 11.8. The Morgan fingerprint density at radius 3 is 2.33 bits per heavy atom. The van der Waals surface area contributed by atoms with Crippen molar-refractivity contribution in [2.75, 3.05) is 0 Å². The van der Waals surface area contributed by atoms with Crippen LogP contribution in [0.5, 0.6) is 0 Å². The third-order valence-corrected chi connectivity index (χ3v) is 5.16. The van der Waals surface area contributed by atoms with Crippen LogP contribution in [0.15, 0.2) is 11.1 Å². The number of hydrogen-bond acceptors (Lipinski definition) is 3. The molecule has 0 aliphatic carbocycles. The summed E-state index contributed by atoms with van der Waals surface area (Å²) in [5, 5.41) is 4.91. The highest BCUT2D eigenvalue weighted by Crippen LogP contribution is 2.30. The smallest absolute Gasteiger partial charge is 0.248 e. The van der Waals surface area contributed by atoms with E-state index in [1.165, 1.54) is 22.6 Å². The highest BCUT2D eigenvalue weighted by molar-refractivity contribution is 14.1. The molecule has 4 nitrogen and oxygen atoms in total. The van der Waals surface area contributed by atoms with Gasteiger partial charge in [0.05, 0.1) is 5.56 Å². The van der Waals surface area contributed by atoms with E-state index < -0.39 is 22.0 Å². The molecule has 0 spiro atoms. The first-order valence-corrected chi connectivity index (χ1v) is 7.10. The first kappa shape index (κ1) is 13.4. The number of sulfonamides is 1. The van der Waals surface area contributed by atoms with Crippen molar-refractivity contribution in [3.8, 4) is 0 Å². The van der Waals surface area contributed by atoms with E-state index in [4.69, 9.17) is 5.14 Å². The maximum absolute atomic E-state index is 12.4. The normalized spacial score (nSPS) is 12.1. The minimum absolute atomic E-state index is 0.0792. The Labute approximate surface area is 112 Å². The Kier molecular flexibility index (Phi) is 4.22. The monoisotopic (exact) mass is 460 g/mol. The van der Waals surface area contributed by atoms with Gasteiger partial charge in [-0.05, 0) is 45.2 Å². The van der Waals surface area contributed by atoms with Crippen LogP contribution in [0.2, 0.25) is 0 Å². The van der Waals surface area contributed by atoms with Gasteiger partial charge in [0.2, 0.25) is 10.0 Å². The van der Waals surface area contributed by atoms with Crippen molar-refractivity contribution in [2.45, 2.75) is 11.3 Å². The molecule has 15 heavy (non-hydrogen) atoms. The second-order valence-corrected chi connectivity index (χ2v) is 6.09. The number of halogens is 4. The molecule has 0 fully saturated rings. The Balaban J connectivity index is 3.59. The van der Waals surface area contributed by atoms with Crippen molar-refractivity contribution in [1.29, 1.82) is 0 Å². The van der Waals surface area contributed by atoms with Crippen LogP contribution < -0.4 is 5.14 Å². The third-order valence-electron chi connectivity index (χ3n) is 1.48. The van der Waals surface area contributed by atoms with Gasteiger partial charge in [-0.15, -0.1) is 0 Å². The van der Waals surface area contributed by atoms with Crippen molar-refractivity contribution in [2.24, 2.45) is 5.14 Å². The molecule has 0 amide bonds. The van der Waals surface area contributed by atoms with Crippen LogP contribution in [0.3, 0.4) is 0 Å². The Morgan fingerprint density at radius 1 is 1.40 bits per heavy atom. The van der Waals surface area contributed by atoms with Crippen LogP contribution >= 0.6 is 45.2 Å². The van der Waals surface area contributed by atoms with E-state index in [-0.39, 0.29) is 12.2 Å². The number of pyridine rings is 1. The van der Waals surface area contributed by atoms with Crippen LogP contribution in [0, 0.1) is 7.27 Å². The molecule has 1 aromatic heterocycles. The number of aromatic nitrogens is 1. The maximum atomic E-state index is 12.4. The molecule has 0 radical (unpaired) electrons. The van der Waals surface area contributed by atoms with E-state index in [1.807, 2.05) is 0 Å².